The SMILES string of the molecule is CCC(CC)(CN)NC(=O)CCCc1ccc2c(c1)CC(=O)N2. The third-order valence-corrected chi connectivity index (χ3v) is 4.81. The fourth-order valence-electron chi connectivity index (χ4n) is 3.02. The van der Waals surface area contributed by atoms with Crippen LogP contribution in [-0.4, -0.2) is 23.9 Å². The van der Waals surface area contributed by atoms with Crippen molar-refractivity contribution < 1.29 is 9.59 Å². The largest absolute Gasteiger partial charge is 0.349 e. The number of aryl methyl sites for hydroxylation is 1. The van der Waals surface area contributed by atoms with E-state index in [-0.39, 0.29) is 17.4 Å². The van der Waals surface area contributed by atoms with Crippen molar-refractivity contribution in [2.24, 2.45) is 5.73 Å². The van der Waals surface area contributed by atoms with Gasteiger partial charge in [0.05, 0.1) is 12.0 Å². The summed E-state index contributed by atoms with van der Waals surface area (Å²) in [6, 6.07) is 6.03. The van der Waals surface area contributed by atoms with Crippen LogP contribution in [0.15, 0.2) is 18.2 Å². The van der Waals surface area contributed by atoms with Crippen LogP contribution in [0.3, 0.4) is 0 Å². The van der Waals surface area contributed by atoms with Gasteiger partial charge in [0.2, 0.25) is 11.8 Å². The third-order valence-electron chi connectivity index (χ3n) is 4.81. The molecule has 0 fully saturated rings. The molecule has 0 aliphatic carbocycles. The zero-order valence-corrected chi connectivity index (χ0v) is 14.1. The second-order valence-electron chi connectivity index (χ2n) is 6.31. The van der Waals surface area contributed by atoms with Crippen molar-refractivity contribution in [1.29, 1.82) is 0 Å². The van der Waals surface area contributed by atoms with Crippen molar-refractivity contribution in [3.05, 3.63) is 29.3 Å². The molecule has 2 rings (SSSR count). The maximum atomic E-state index is 12.1. The first-order valence-corrected chi connectivity index (χ1v) is 8.44. The number of carbonyl (C=O) groups excluding carboxylic acids is 2. The highest BCUT2D eigenvalue weighted by molar-refractivity contribution is 5.99. The van der Waals surface area contributed by atoms with Crippen molar-refractivity contribution in [2.75, 3.05) is 11.9 Å². The van der Waals surface area contributed by atoms with Crippen LogP contribution in [0.25, 0.3) is 0 Å². The molecule has 0 spiro atoms. The Morgan fingerprint density at radius 2 is 2.09 bits per heavy atom. The van der Waals surface area contributed by atoms with E-state index in [1.165, 1.54) is 5.56 Å². The molecule has 4 N–H and O–H groups in total. The number of rotatable bonds is 8. The summed E-state index contributed by atoms with van der Waals surface area (Å²) in [4.78, 5) is 23.5. The molecule has 0 saturated carbocycles. The highest BCUT2D eigenvalue weighted by atomic mass is 16.2. The van der Waals surface area contributed by atoms with E-state index in [2.05, 4.69) is 30.5 Å². The molecule has 0 unspecified atom stereocenters. The number of amides is 2. The molecule has 0 aromatic heterocycles. The summed E-state index contributed by atoms with van der Waals surface area (Å²) in [5.41, 5.74) is 8.68. The van der Waals surface area contributed by atoms with E-state index >= 15 is 0 Å². The predicted octanol–water partition coefficient (Wildman–Crippen LogP) is 2.14. The van der Waals surface area contributed by atoms with Gasteiger partial charge in [-0.15, -0.1) is 0 Å². The number of hydrogen-bond acceptors (Lipinski definition) is 3. The molecular formula is C18H27N3O2. The molecule has 0 bridgehead atoms. The Labute approximate surface area is 138 Å². The highest BCUT2D eigenvalue weighted by Gasteiger charge is 2.25. The summed E-state index contributed by atoms with van der Waals surface area (Å²) in [5, 5.41) is 5.92. The number of fused-ring (bicyclic) bond motifs is 1. The molecule has 5 heteroatoms. The van der Waals surface area contributed by atoms with E-state index in [1.807, 2.05) is 12.1 Å². The number of hydrogen-bond donors (Lipinski definition) is 3. The molecule has 1 aliphatic rings. The van der Waals surface area contributed by atoms with Crippen molar-refractivity contribution in [3.63, 3.8) is 0 Å². The Bertz CT molecular complexity index is 571. The van der Waals surface area contributed by atoms with Gasteiger partial charge in [0.1, 0.15) is 0 Å². The molecule has 5 nitrogen and oxygen atoms in total. The van der Waals surface area contributed by atoms with Crippen molar-refractivity contribution >= 4 is 17.5 Å². The summed E-state index contributed by atoms with van der Waals surface area (Å²) in [6.07, 6.45) is 4.27. The molecular weight excluding hydrogens is 290 g/mol. The zero-order valence-electron chi connectivity index (χ0n) is 14.1. The topological polar surface area (TPSA) is 84.2 Å². The second kappa shape index (κ2) is 7.59. The van der Waals surface area contributed by atoms with Crippen molar-refractivity contribution in [3.8, 4) is 0 Å². The first-order valence-electron chi connectivity index (χ1n) is 8.44. The fraction of sp³-hybridized carbons (Fsp3) is 0.556. The summed E-state index contributed by atoms with van der Waals surface area (Å²) < 4.78 is 0. The minimum Gasteiger partial charge on any atom is -0.349 e. The molecule has 23 heavy (non-hydrogen) atoms. The molecule has 126 valence electrons. The molecule has 1 aromatic rings. The van der Waals surface area contributed by atoms with E-state index in [1.54, 1.807) is 0 Å². The fourth-order valence-corrected chi connectivity index (χ4v) is 3.02. The smallest absolute Gasteiger partial charge is 0.228 e. The molecule has 0 saturated heterocycles. The average Bonchev–Trinajstić information content (AvgIpc) is 2.92. The summed E-state index contributed by atoms with van der Waals surface area (Å²) in [5.74, 6) is 0.117. The van der Waals surface area contributed by atoms with Crippen LogP contribution in [0.2, 0.25) is 0 Å². The van der Waals surface area contributed by atoms with Gasteiger partial charge in [-0.25, -0.2) is 0 Å². The highest BCUT2D eigenvalue weighted by Crippen LogP contribution is 2.24. The quantitative estimate of drug-likeness (QED) is 0.687. The van der Waals surface area contributed by atoms with Crippen molar-refractivity contribution in [1.82, 2.24) is 5.32 Å². The van der Waals surface area contributed by atoms with Gasteiger partial charge >= 0.3 is 0 Å². The van der Waals surface area contributed by atoms with Gasteiger partial charge in [0, 0.05) is 18.7 Å². The number of benzene rings is 1. The van der Waals surface area contributed by atoms with E-state index in [9.17, 15) is 9.59 Å². The lowest BCUT2D eigenvalue weighted by Crippen LogP contribution is -2.52. The summed E-state index contributed by atoms with van der Waals surface area (Å²) in [6.45, 7) is 4.57. The predicted molar refractivity (Wildman–Crippen MR) is 92.2 cm³/mol. The molecule has 0 atom stereocenters. The number of nitrogens with two attached hydrogens (primary N) is 1. The molecule has 1 heterocycles. The zero-order chi connectivity index (χ0) is 16.9. The maximum Gasteiger partial charge on any atom is 0.228 e. The normalized spacial score (nSPS) is 13.6. The van der Waals surface area contributed by atoms with Crippen LogP contribution < -0.4 is 16.4 Å². The Balaban J connectivity index is 1.82. The molecule has 2 amide bonds. The molecule has 1 aliphatic heterocycles. The lowest BCUT2D eigenvalue weighted by Gasteiger charge is -2.31. The van der Waals surface area contributed by atoms with Crippen LogP contribution in [0.4, 0.5) is 5.69 Å². The third kappa shape index (κ3) is 4.32. The lowest BCUT2D eigenvalue weighted by molar-refractivity contribution is -0.123. The maximum absolute atomic E-state index is 12.1. The second-order valence-corrected chi connectivity index (χ2v) is 6.31. The van der Waals surface area contributed by atoms with E-state index in [0.717, 1.165) is 36.9 Å². The minimum absolute atomic E-state index is 0.0498. The summed E-state index contributed by atoms with van der Waals surface area (Å²) >= 11 is 0. The van der Waals surface area contributed by atoms with Gasteiger partial charge < -0.3 is 16.4 Å². The Morgan fingerprint density at radius 1 is 1.35 bits per heavy atom. The van der Waals surface area contributed by atoms with Crippen molar-refractivity contribution in [2.45, 2.75) is 57.9 Å². The minimum atomic E-state index is -0.267. The number of anilines is 1. The van der Waals surface area contributed by atoms with E-state index < -0.39 is 0 Å². The van der Waals surface area contributed by atoms with Crippen LogP contribution >= 0.6 is 0 Å². The van der Waals surface area contributed by atoms with Crippen LogP contribution in [0.5, 0.6) is 0 Å². The van der Waals surface area contributed by atoms with Crippen LogP contribution in [-0.2, 0) is 22.4 Å². The number of nitrogens with one attached hydrogen (secondary N) is 2. The van der Waals surface area contributed by atoms with Gasteiger partial charge in [-0.1, -0.05) is 26.0 Å². The molecule has 1 aromatic carbocycles. The lowest BCUT2D eigenvalue weighted by atomic mass is 9.92. The average molecular weight is 317 g/mol. The Morgan fingerprint density at radius 3 is 2.74 bits per heavy atom. The van der Waals surface area contributed by atoms with E-state index in [0.29, 0.717) is 19.4 Å². The van der Waals surface area contributed by atoms with E-state index in [4.69, 9.17) is 5.73 Å². The standard InChI is InChI=1S/C18H27N3O2/c1-3-18(4-2,12-19)21-16(22)7-5-6-13-8-9-15-14(10-13)11-17(23)20-15/h8-10H,3-7,11-12,19H2,1-2H3,(H,20,23)(H,21,22). The monoisotopic (exact) mass is 317 g/mol. The first kappa shape index (κ1) is 17.5. The van der Waals surface area contributed by atoms with Gasteiger partial charge in [0.15, 0.2) is 0 Å². The molecule has 0 radical (unpaired) electrons. The van der Waals surface area contributed by atoms with Gasteiger partial charge in [-0.3, -0.25) is 9.59 Å². The van der Waals surface area contributed by atoms with Gasteiger partial charge in [-0.05, 0) is 42.9 Å². The summed E-state index contributed by atoms with van der Waals surface area (Å²) in [7, 11) is 0. The number of carbonyl (C=O) groups is 2. The van der Waals surface area contributed by atoms with Gasteiger partial charge in [0.25, 0.3) is 0 Å². The Hall–Kier alpha value is -1.88. The Kier molecular flexibility index (Phi) is 5.77. The van der Waals surface area contributed by atoms with Crippen LogP contribution in [0.1, 0.15) is 50.7 Å². The van der Waals surface area contributed by atoms with Crippen LogP contribution in [0, 0.1) is 0 Å². The first-order chi connectivity index (χ1) is 11.0. The van der Waals surface area contributed by atoms with Gasteiger partial charge in [-0.2, -0.15) is 0 Å².